The molecule has 0 spiro atoms. The Balaban J connectivity index is 2.09. The molecule has 30 heavy (non-hydrogen) atoms. The van der Waals surface area contributed by atoms with Gasteiger partial charge in [0.1, 0.15) is 31.2 Å². The molecule has 2 heterocycles. The number of ether oxygens (including phenoxy) is 2. The Kier molecular flexibility index (Phi) is 5.83. The number of rotatable bonds is 8. The van der Waals surface area contributed by atoms with Crippen molar-refractivity contribution >= 4 is 21.9 Å². The van der Waals surface area contributed by atoms with E-state index in [1.165, 1.54) is 46.1 Å². The van der Waals surface area contributed by atoms with Gasteiger partial charge in [-0.2, -0.15) is 0 Å². The lowest BCUT2D eigenvalue weighted by atomic mass is 10.0. The normalized spacial score (nSPS) is 14.8. The van der Waals surface area contributed by atoms with Crippen molar-refractivity contribution in [1.82, 2.24) is 0 Å². The highest BCUT2D eigenvalue weighted by Crippen LogP contribution is 2.43. The molecule has 0 unspecified atom stereocenters. The van der Waals surface area contributed by atoms with E-state index < -0.39 is 29.0 Å². The van der Waals surface area contributed by atoms with Crippen molar-refractivity contribution in [2.75, 3.05) is 13.2 Å². The van der Waals surface area contributed by atoms with Crippen LogP contribution in [0.5, 0.6) is 11.5 Å². The standard InChI is InChI=1S/C21H26O9/c1-20(2,25)13(22)9-28-16-11-5-6-15(24)30-18(11)19(17-12(16)7-8-27-17)29-10-14(23)21(3,4)26/h5-8,13-14,22-23,25-26H,9-10H2,1-4H3/t13-,14-/m1/s1. The van der Waals surface area contributed by atoms with E-state index in [4.69, 9.17) is 18.3 Å². The van der Waals surface area contributed by atoms with Gasteiger partial charge in [0.05, 0.1) is 28.2 Å². The summed E-state index contributed by atoms with van der Waals surface area (Å²) in [5.41, 5.74) is -3.19. The van der Waals surface area contributed by atoms with Gasteiger partial charge in [0.15, 0.2) is 11.2 Å². The van der Waals surface area contributed by atoms with Gasteiger partial charge in [0, 0.05) is 6.07 Å². The third kappa shape index (κ3) is 4.44. The van der Waals surface area contributed by atoms with Crippen molar-refractivity contribution in [3.8, 4) is 11.5 Å². The van der Waals surface area contributed by atoms with Crippen molar-refractivity contribution in [1.29, 1.82) is 0 Å². The molecular formula is C21H26O9. The molecule has 9 heteroatoms. The van der Waals surface area contributed by atoms with E-state index in [1.807, 2.05) is 0 Å². The van der Waals surface area contributed by atoms with Gasteiger partial charge in [-0.1, -0.05) is 0 Å². The fourth-order valence-electron chi connectivity index (χ4n) is 2.70. The average Bonchev–Trinajstić information content (AvgIpc) is 3.11. The number of fused-ring (bicyclic) bond motifs is 2. The predicted octanol–water partition coefficient (Wildman–Crippen LogP) is 1.56. The van der Waals surface area contributed by atoms with E-state index >= 15 is 0 Å². The smallest absolute Gasteiger partial charge is 0.336 e. The van der Waals surface area contributed by atoms with Crippen molar-refractivity contribution in [2.24, 2.45) is 0 Å². The van der Waals surface area contributed by atoms with Gasteiger partial charge in [0.2, 0.25) is 5.75 Å². The van der Waals surface area contributed by atoms with E-state index in [0.717, 1.165) is 0 Å². The molecule has 0 saturated heterocycles. The molecule has 3 aromatic rings. The molecule has 4 N–H and O–H groups in total. The maximum absolute atomic E-state index is 11.9. The number of furan rings is 1. The summed E-state index contributed by atoms with van der Waals surface area (Å²) in [6.07, 6.45) is -1.01. The number of benzene rings is 1. The Morgan fingerprint density at radius 2 is 1.40 bits per heavy atom. The van der Waals surface area contributed by atoms with Crippen LogP contribution in [0.1, 0.15) is 27.7 Å². The second-order valence-corrected chi connectivity index (χ2v) is 8.28. The molecule has 1 aromatic carbocycles. The Morgan fingerprint density at radius 3 is 1.97 bits per heavy atom. The lowest BCUT2D eigenvalue weighted by molar-refractivity contribution is -0.0663. The van der Waals surface area contributed by atoms with Gasteiger partial charge in [-0.3, -0.25) is 0 Å². The second-order valence-electron chi connectivity index (χ2n) is 8.28. The summed E-state index contributed by atoms with van der Waals surface area (Å²) in [6.45, 7) is 5.27. The zero-order chi connectivity index (χ0) is 22.3. The van der Waals surface area contributed by atoms with Gasteiger partial charge in [-0.25, -0.2) is 4.79 Å². The summed E-state index contributed by atoms with van der Waals surface area (Å²) in [5.74, 6) is 0.345. The largest absolute Gasteiger partial charge is 0.489 e. The van der Waals surface area contributed by atoms with Crippen LogP contribution in [-0.4, -0.2) is 57.0 Å². The van der Waals surface area contributed by atoms with Crippen LogP contribution in [0.3, 0.4) is 0 Å². The third-order valence-corrected chi connectivity index (χ3v) is 4.80. The minimum absolute atomic E-state index is 0.0284. The molecule has 0 amide bonds. The van der Waals surface area contributed by atoms with Crippen LogP contribution in [0, 0.1) is 0 Å². The van der Waals surface area contributed by atoms with Crippen molar-refractivity contribution in [3.63, 3.8) is 0 Å². The minimum atomic E-state index is -1.41. The first kappa shape index (κ1) is 22.1. The molecule has 164 valence electrons. The summed E-state index contributed by atoms with van der Waals surface area (Å²) in [4.78, 5) is 11.9. The van der Waals surface area contributed by atoms with E-state index in [0.29, 0.717) is 10.8 Å². The summed E-state index contributed by atoms with van der Waals surface area (Å²) in [5, 5.41) is 40.9. The maximum atomic E-state index is 11.9. The first-order valence-corrected chi connectivity index (χ1v) is 9.43. The van der Waals surface area contributed by atoms with Gasteiger partial charge in [0.25, 0.3) is 0 Å². The molecular weight excluding hydrogens is 396 g/mol. The van der Waals surface area contributed by atoms with Gasteiger partial charge in [-0.15, -0.1) is 0 Å². The first-order chi connectivity index (χ1) is 13.9. The van der Waals surface area contributed by atoms with Gasteiger partial charge in [-0.05, 0) is 39.8 Å². The topological polar surface area (TPSA) is 143 Å². The van der Waals surface area contributed by atoms with Gasteiger partial charge < -0.3 is 38.7 Å². The molecule has 0 fully saturated rings. The molecule has 0 aliphatic rings. The van der Waals surface area contributed by atoms with Crippen molar-refractivity contribution in [2.45, 2.75) is 51.1 Å². The quantitative estimate of drug-likeness (QED) is 0.398. The summed E-state index contributed by atoms with van der Waals surface area (Å²) < 4.78 is 22.3. The zero-order valence-corrected chi connectivity index (χ0v) is 17.2. The van der Waals surface area contributed by atoms with E-state index in [9.17, 15) is 25.2 Å². The Bertz CT molecular complexity index is 1080. The Morgan fingerprint density at radius 1 is 0.867 bits per heavy atom. The Hall–Kier alpha value is -2.59. The predicted molar refractivity (Wildman–Crippen MR) is 108 cm³/mol. The molecule has 0 saturated carbocycles. The van der Waals surface area contributed by atoms with Gasteiger partial charge >= 0.3 is 5.63 Å². The summed E-state index contributed by atoms with van der Waals surface area (Å²) in [6, 6.07) is 4.31. The number of aliphatic hydroxyl groups excluding tert-OH is 2. The van der Waals surface area contributed by atoms with Crippen LogP contribution >= 0.6 is 0 Å². The molecule has 2 atom stereocenters. The van der Waals surface area contributed by atoms with Crippen LogP contribution in [0.2, 0.25) is 0 Å². The van der Waals surface area contributed by atoms with Crippen LogP contribution < -0.4 is 15.1 Å². The lowest BCUT2D eigenvalue weighted by Crippen LogP contribution is -2.40. The average molecular weight is 422 g/mol. The molecule has 0 aliphatic heterocycles. The summed E-state index contributed by atoms with van der Waals surface area (Å²) in [7, 11) is 0. The second kappa shape index (κ2) is 7.92. The minimum Gasteiger partial charge on any atom is -0.489 e. The molecule has 0 radical (unpaired) electrons. The number of aliphatic hydroxyl groups is 4. The van der Waals surface area contributed by atoms with E-state index in [-0.39, 0.29) is 35.9 Å². The molecule has 0 aliphatic carbocycles. The monoisotopic (exact) mass is 422 g/mol. The molecule has 3 rings (SSSR count). The third-order valence-electron chi connectivity index (χ3n) is 4.80. The van der Waals surface area contributed by atoms with Crippen LogP contribution in [-0.2, 0) is 0 Å². The van der Waals surface area contributed by atoms with Crippen molar-refractivity contribution < 1.29 is 38.7 Å². The van der Waals surface area contributed by atoms with Crippen LogP contribution in [0.15, 0.2) is 38.1 Å². The van der Waals surface area contributed by atoms with Crippen LogP contribution in [0.25, 0.3) is 21.9 Å². The van der Waals surface area contributed by atoms with Crippen molar-refractivity contribution in [3.05, 3.63) is 34.9 Å². The molecule has 2 aromatic heterocycles. The maximum Gasteiger partial charge on any atom is 0.336 e. The zero-order valence-electron chi connectivity index (χ0n) is 17.2. The fourth-order valence-corrected chi connectivity index (χ4v) is 2.70. The summed E-state index contributed by atoms with van der Waals surface area (Å²) >= 11 is 0. The highest BCUT2D eigenvalue weighted by molar-refractivity contribution is 6.06. The molecule has 0 bridgehead atoms. The number of hydrogen-bond donors (Lipinski definition) is 4. The molecule has 9 nitrogen and oxygen atoms in total. The number of hydrogen-bond acceptors (Lipinski definition) is 9. The highest BCUT2D eigenvalue weighted by Gasteiger charge is 2.29. The fraction of sp³-hybridized carbons (Fsp3) is 0.476. The Labute approximate surface area is 172 Å². The lowest BCUT2D eigenvalue weighted by Gasteiger charge is -2.25. The van der Waals surface area contributed by atoms with E-state index in [2.05, 4.69) is 0 Å². The van der Waals surface area contributed by atoms with Crippen LogP contribution in [0.4, 0.5) is 0 Å². The van der Waals surface area contributed by atoms with E-state index in [1.54, 1.807) is 6.07 Å². The highest BCUT2D eigenvalue weighted by atomic mass is 16.5. The SMILES string of the molecule is CC(C)(O)[C@H](O)COc1c2ccoc2c(OC[C@@H](O)C(C)(C)O)c2oc(=O)ccc12. The first-order valence-electron chi connectivity index (χ1n) is 9.43.